The quantitative estimate of drug-likeness (QED) is 0.622. The average molecular weight is 314 g/mol. The largest absolute Gasteiger partial charge is 0.389 e. The molecule has 0 fully saturated rings. The predicted molar refractivity (Wildman–Crippen MR) is 88.7 cm³/mol. The molecular formula is C16H30N2O2S. The summed E-state index contributed by atoms with van der Waals surface area (Å²) in [7, 11) is 0. The number of aliphatic hydroxyl groups is 1. The summed E-state index contributed by atoms with van der Waals surface area (Å²) in [5.74, 6) is 0.628. The van der Waals surface area contributed by atoms with Crippen molar-refractivity contribution in [2.45, 2.75) is 59.1 Å². The van der Waals surface area contributed by atoms with Crippen molar-refractivity contribution >= 4 is 11.3 Å². The Morgan fingerprint density at radius 1 is 1.38 bits per heavy atom. The van der Waals surface area contributed by atoms with E-state index in [1.54, 1.807) is 11.3 Å². The zero-order valence-corrected chi connectivity index (χ0v) is 14.4. The van der Waals surface area contributed by atoms with Crippen molar-refractivity contribution in [2.24, 2.45) is 5.92 Å². The van der Waals surface area contributed by atoms with E-state index in [1.807, 2.05) is 12.3 Å². The van der Waals surface area contributed by atoms with Crippen LogP contribution in [0.15, 0.2) is 5.38 Å². The lowest BCUT2D eigenvalue weighted by Crippen LogP contribution is -2.30. The van der Waals surface area contributed by atoms with Crippen LogP contribution >= 0.6 is 11.3 Å². The highest BCUT2D eigenvalue weighted by atomic mass is 32.1. The number of hydrogen-bond acceptors (Lipinski definition) is 5. The average Bonchev–Trinajstić information content (AvgIpc) is 2.88. The molecule has 0 aromatic carbocycles. The molecule has 0 aliphatic heterocycles. The topological polar surface area (TPSA) is 54.4 Å². The van der Waals surface area contributed by atoms with Gasteiger partial charge in [0.15, 0.2) is 0 Å². The monoisotopic (exact) mass is 314 g/mol. The Morgan fingerprint density at radius 2 is 2.19 bits per heavy atom. The molecule has 122 valence electrons. The lowest BCUT2D eigenvalue weighted by Gasteiger charge is -2.17. The van der Waals surface area contributed by atoms with Crippen molar-refractivity contribution in [2.75, 3.05) is 19.8 Å². The van der Waals surface area contributed by atoms with E-state index >= 15 is 0 Å². The van der Waals surface area contributed by atoms with Gasteiger partial charge in [0.25, 0.3) is 0 Å². The van der Waals surface area contributed by atoms with Crippen molar-refractivity contribution < 1.29 is 9.84 Å². The Labute approximate surface area is 132 Å². The molecule has 1 aromatic heterocycles. The molecule has 21 heavy (non-hydrogen) atoms. The standard InChI is InChI=1S/C16H30N2O2S/c1-4-6-7-14(5-2)10-20-11-15(19)8-17-9-16-18-13(3)12-21-16/h12,14-15,17,19H,4-11H2,1-3H3. The number of hydrogen-bond donors (Lipinski definition) is 2. The summed E-state index contributed by atoms with van der Waals surface area (Å²) in [6.07, 6.45) is 4.43. The molecule has 0 saturated heterocycles. The van der Waals surface area contributed by atoms with Gasteiger partial charge in [0.1, 0.15) is 5.01 Å². The molecule has 0 saturated carbocycles. The molecule has 0 radical (unpaired) electrons. The van der Waals surface area contributed by atoms with Crippen LogP contribution in [0.3, 0.4) is 0 Å². The van der Waals surface area contributed by atoms with Gasteiger partial charge < -0.3 is 15.2 Å². The lowest BCUT2D eigenvalue weighted by atomic mass is 10.0. The number of aliphatic hydroxyl groups excluding tert-OH is 1. The van der Waals surface area contributed by atoms with Gasteiger partial charge in [-0.25, -0.2) is 4.98 Å². The number of thiazole rings is 1. The summed E-state index contributed by atoms with van der Waals surface area (Å²) in [4.78, 5) is 4.38. The fraction of sp³-hybridized carbons (Fsp3) is 0.812. The van der Waals surface area contributed by atoms with Crippen LogP contribution < -0.4 is 5.32 Å². The van der Waals surface area contributed by atoms with E-state index in [1.165, 1.54) is 19.3 Å². The molecule has 2 atom stereocenters. The molecule has 2 unspecified atom stereocenters. The summed E-state index contributed by atoms with van der Waals surface area (Å²) in [6, 6.07) is 0. The van der Waals surface area contributed by atoms with Crippen molar-refractivity contribution in [3.63, 3.8) is 0 Å². The summed E-state index contributed by atoms with van der Waals surface area (Å²) in [5.41, 5.74) is 1.05. The number of nitrogens with one attached hydrogen (secondary N) is 1. The Bertz CT molecular complexity index is 371. The maximum atomic E-state index is 9.89. The molecule has 0 bridgehead atoms. The van der Waals surface area contributed by atoms with E-state index in [2.05, 4.69) is 24.1 Å². The molecule has 4 nitrogen and oxygen atoms in total. The highest BCUT2D eigenvalue weighted by Gasteiger charge is 2.09. The molecule has 0 spiro atoms. The Kier molecular flexibility index (Phi) is 9.83. The summed E-state index contributed by atoms with van der Waals surface area (Å²) < 4.78 is 5.65. The van der Waals surface area contributed by atoms with E-state index in [9.17, 15) is 5.11 Å². The number of unbranched alkanes of at least 4 members (excludes halogenated alkanes) is 1. The minimum atomic E-state index is -0.449. The Hall–Kier alpha value is -0.490. The predicted octanol–water partition coefficient (Wildman–Crippen LogP) is 3.14. The molecule has 0 amide bonds. The van der Waals surface area contributed by atoms with Crippen molar-refractivity contribution in [3.05, 3.63) is 16.1 Å². The maximum Gasteiger partial charge on any atom is 0.107 e. The van der Waals surface area contributed by atoms with Gasteiger partial charge >= 0.3 is 0 Å². The van der Waals surface area contributed by atoms with E-state index < -0.39 is 6.10 Å². The second-order valence-corrected chi connectivity index (χ2v) is 6.56. The minimum absolute atomic E-state index is 0.409. The second-order valence-electron chi connectivity index (χ2n) is 5.62. The van der Waals surface area contributed by atoms with Crippen molar-refractivity contribution in [1.82, 2.24) is 10.3 Å². The normalized spacial score (nSPS) is 14.3. The van der Waals surface area contributed by atoms with E-state index in [0.717, 1.165) is 23.7 Å². The van der Waals surface area contributed by atoms with Gasteiger partial charge in [0.2, 0.25) is 0 Å². The molecule has 5 heteroatoms. The van der Waals surface area contributed by atoms with Crippen LogP contribution in [0, 0.1) is 12.8 Å². The number of nitrogens with zero attached hydrogens (tertiary/aromatic N) is 1. The van der Waals surface area contributed by atoms with Crippen LogP contribution in [0.25, 0.3) is 0 Å². The fourth-order valence-corrected chi connectivity index (χ4v) is 2.90. The first-order valence-corrected chi connectivity index (χ1v) is 8.91. The zero-order valence-electron chi connectivity index (χ0n) is 13.6. The van der Waals surface area contributed by atoms with Crippen LogP contribution in [-0.4, -0.2) is 36.0 Å². The van der Waals surface area contributed by atoms with Gasteiger partial charge in [-0.2, -0.15) is 0 Å². The van der Waals surface area contributed by atoms with Crippen LogP contribution in [0.5, 0.6) is 0 Å². The maximum absolute atomic E-state index is 9.89. The fourth-order valence-electron chi connectivity index (χ4n) is 2.16. The third-order valence-corrected chi connectivity index (χ3v) is 4.50. The molecule has 0 aliphatic carbocycles. The van der Waals surface area contributed by atoms with Crippen molar-refractivity contribution in [1.29, 1.82) is 0 Å². The van der Waals surface area contributed by atoms with E-state index in [-0.39, 0.29) is 0 Å². The highest BCUT2D eigenvalue weighted by molar-refractivity contribution is 7.09. The Balaban J connectivity index is 2.06. The van der Waals surface area contributed by atoms with Gasteiger partial charge in [0, 0.05) is 30.8 Å². The number of ether oxygens (including phenoxy) is 1. The molecule has 2 N–H and O–H groups in total. The number of aryl methyl sites for hydroxylation is 1. The van der Waals surface area contributed by atoms with Gasteiger partial charge in [0.05, 0.1) is 12.7 Å². The summed E-state index contributed by atoms with van der Waals surface area (Å²) >= 11 is 1.65. The third kappa shape index (κ3) is 8.51. The van der Waals surface area contributed by atoms with Gasteiger partial charge in [-0.15, -0.1) is 11.3 Å². The first-order chi connectivity index (χ1) is 10.2. The highest BCUT2D eigenvalue weighted by Crippen LogP contribution is 2.13. The van der Waals surface area contributed by atoms with E-state index in [4.69, 9.17) is 4.74 Å². The third-order valence-electron chi connectivity index (χ3n) is 3.53. The van der Waals surface area contributed by atoms with Crippen LogP contribution in [0.1, 0.15) is 50.2 Å². The van der Waals surface area contributed by atoms with Gasteiger partial charge in [-0.3, -0.25) is 0 Å². The smallest absolute Gasteiger partial charge is 0.107 e. The van der Waals surface area contributed by atoms with Gasteiger partial charge in [-0.1, -0.05) is 33.1 Å². The Morgan fingerprint density at radius 3 is 2.81 bits per heavy atom. The zero-order chi connectivity index (χ0) is 15.5. The van der Waals surface area contributed by atoms with E-state index in [0.29, 0.717) is 25.6 Å². The molecule has 1 heterocycles. The number of aromatic nitrogens is 1. The molecule has 1 aromatic rings. The van der Waals surface area contributed by atoms with Crippen LogP contribution in [0.4, 0.5) is 0 Å². The first-order valence-electron chi connectivity index (χ1n) is 8.03. The summed E-state index contributed by atoms with van der Waals surface area (Å²) in [5, 5.41) is 16.2. The number of rotatable bonds is 12. The first kappa shape index (κ1) is 18.6. The summed E-state index contributed by atoms with van der Waals surface area (Å²) in [6.45, 7) is 8.84. The second kappa shape index (κ2) is 11.1. The molecule has 0 aliphatic rings. The van der Waals surface area contributed by atoms with Crippen molar-refractivity contribution in [3.8, 4) is 0 Å². The molecular weight excluding hydrogens is 284 g/mol. The lowest BCUT2D eigenvalue weighted by molar-refractivity contribution is 0.0192. The minimum Gasteiger partial charge on any atom is -0.389 e. The van der Waals surface area contributed by atoms with Crippen LogP contribution in [-0.2, 0) is 11.3 Å². The molecule has 1 rings (SSSR count). The SMILES string of the molecule is CCCCC(CC)COCC(O)CNCc1nc(C)cs1. The van der Waals surface area contributed by atoms with Gasteiger partial charge in [-0.05, 0) is 19.3 Å². The van der Waals surface area contributed by atoms with Crippen LogP contribution in [0.2, 0.25) is 0 Å².